The maximum atomic E-state index is 4.27. The van der Waals surface area contributed by atoms with E-state index in [1.165, 1.54) is 42.3 Å². The first-order valence-corrected chi connectivity index (χ1v) is 7.20. The molecule has 1 spiro atoms. The summed E-state index contributed by atoms with van der Waals surface area (Å²) in [6.45, 7) is 2.03. The lowest BCUT2D eigenvalue weighted by Gasteiger charge is -2.46. The van der Waals surface area contributed by atoms with E-state index < -0.39 is 0 Å². The van der Waals surface area contributed by atoms with E-state index in [2.05, 4.69) is 47.8 Å². The summed E-state index contributed by atoms with van der Waals surface area (Å²) < 4.78 is 2.14. The van der Waals surface area contributed by atoms with Gasteiger partial charge in [-0.1, -0.05) is 59.3 Å². The van der Waals surface area contributed by atoms with Gasteiger partial charge in [-0.3, -0.25) is 7.05 Å². The lowest BCUT2D eigenvalue weighted by atomic mass is 9.75. The Morgan fingerprint density at radius 1 is 1.05 bits per heavy atom. The molecule has 0 atom stereocenters. The maximum absolute atomic E-state index is 4.27. The van der Waals surface area contributed by atoms with Crippen LogP contribution in [0, 0.1) is 14.1 Å². The van der Waals surface area contributed by atoms with E-state index in [-0.39, 0.29) is 0 Å². The third-order valence-corrected chi connectivity index (χ3v) is 5.07. The predicted molar refractivity (Wildman–Crippen MR) is 78.6 cm³/mol. The van der Waals surface area contributed by atoms with E-state index >= 15 is 0 Å². The first-order chi connectivity index (χ1) is 9.21. The highest BCUT2D eigenvalue weighted by atomic mass is 15.1. The lowest BCUT2D eigenvalue weighted by molar-refractivity contribution is 0.232. The van der Waals surface area contributed by atoms with Crippen LogP contribution in [0.3, 0.4) is 0 Å². The SMILES string of the molecule is [CH2-]N1Cc2c(c3ccccc3n2[CH2-])C2(CCCC2)C1. The van der Waals surface area contributed by atoms with Crippen molar-refractivity contribution in [3.05, 3.63) is 49.6 Å². The normalized spacial score (nSPS) is 22.2. The minimum Gasteiger partial charge on any atom is -0.483 e. The fraction of sp³-hybridized carbons (Fsp3) is 0.412. The van der Waals surface area contributed by atoms with Gasteiger partial charge in [0.1, 0.15) is 0 Å². The van der Waals surface area contributed by atoms with Crippen molar-refractivity contribution in [2.24, 2.45) is 0 Å². The Hall–Kier alpha value is -1.41. The fourth-order valence-electron chi connectivity index (χ4n) is 4.35. The summed E-state index contributed by atoms with van der Waals surface area (Å²) in [6, 6.07) is 8.73. The summed E-state index contributed by atoms with van der Waals surface area (Å²) in [4.78, 5) is 2.23. The molecule has 1 saturated carbocycles. The molecule has 0 N–H and O–H groups in total. The molecule has 100 valence electrons. The fourth-order valence-corrected chi connectivity index (χ4v) is 4.35. The van der Waals surface area contributed by atoms with Crippen LogP contribution in [0.5, 0.6) is 0 Å². The molecule has 0 radical (unpaired) electrons. The third-order valence-electron chi connectivity index (χ3n) is 5.07. The van der Waals surface area contributed by atoms with E-state index in [0.29, 0.717) is 5.41 Å². The largest absolute Gasteiger partial charge is 0.483 e. The molecule has 0 unspecified atom stereocenters. The number of nitrogens with zero attached hydrogens (tertiary/aromatic N) is 2. The van der Waals surface area contributed by atoms with Gasteiger partial charge >= 0.3 is 0 Å². The van der Waals surface area contributed by atoms with Gasteiger partial charge in [0.2, 0.25) is 0 Å². The summed E-state index contributed by atoms with van der Waals surface area (Å²) in [7, 11) is 8.49. The zero-order valence-corrected chi connectivity index (χ0v) is 11.4. The van der Waals surface area contributed by atoms with Crippen molar-refractivity contribution in [1.29, 1.82) is 0 Å². The van der Waals surface area contributed by atoms with Crippen molar-refractivity contribution in [3.63, 3.8) is 0 Å². The molecule has 2 heterocycles. The van der Waals surface area contributed by atoms with Crippen LogP contribution in [0.25, 0.3) is 10.9 Å². The number of benzene rings is 1. The molecule has 2 heteroatoms. The number of hydrogen-bond donors (Lipinski definition) is 0. The van der Waals surface area contributed by atoms with Crippen LogP contribution in [0.1, 0.15) is 36.9 Å². The standard InChI is InChI=1S/C17H20N2/c1-18-11-15-16(17(12-18)9-5-6-10-17)13-7-3-4-8-14(13)19(15)2/h3-4,7-8H,1-2,5-6,9-12H2/q-2. The summed E-state index contributed by atoms with van der Waals surface area (Å²) in [5, 5.41) is 1.42. The maximum Gasteiger partial charge on any atom is -0.00442 e. The molecule has 2 aromatic rings. The Kier molecular flexibility index (Phi) is 2.28. The monoisotopic (exact) mass is 252 g/mol. The minimum absolute atomic E-state index is 0.331. The van der Waals surface area contributed by atoms with Gasteiger partial charge < -0.3 is 9.47 Å². The zero-order chi connectivity index (χ0) is 13.0. The van der Waals surface area contributed by atoms with E-state index in [1.807, 2.05) is 0 Å². The quantitative estimate of drug-likeness (QED) is 0.649. The van der Waals surface area contributed by atoms with Gasteiger partial charge in [-0.25, -0.2) is 0 Å². The van der Waals surface area contributed by atoms with Gasteiger partial charge in [-0.05, 0) is 31.3 Å². The smallest absolute Gasteiger partial charge is 0.00442 e. The molecule has 0 amide bonds. The molecule has 2 nitrogen and oxygen atoms in total. The van der Waals surface area contributed by atoms with Crippen LogP contribution in [0.2, 0.25) is 0 Å². The molecule has 0 bridgehead atoms. The molecule has 1 aromatic heterocycles. The highest BCUT2D eigenvalue weighted by molar-refractivity contribution is 5.87. The second-order valence-corrected chi connectivity index (χ2v) is 6.24. The van der Waals surface area contributed by atoms with Crippen molar-refractivity contribution in [3.8, 4) is 0 Å². The van der Waals surface area contributed by atoms with Crippen molar-refractivity contribution in [2.75, 3.05) is 6.54 Å². The Balaban J connectivity index is 2.06. The van der Waals surface area contributed by atoms with Crippen LogP contribution < -0.4 is 0 Å². The van der Waals surface area contributed by atoms with Gasteiger partial charge in [0.15, 0.2) is 0 Å². The highest BCUT2D eigenvalue weighted by Crippen LogP contribution is 2.49. The molecule has 1 aliphatic heterocycles. The van der Waals surface area contributed by atoms with Gasteiger partial charge in [0, 0.05) is 0 Å². The molecule has 0 saturated heterocycles. The van der Waals surface area contributed by atoms with Crippen LogP contribution in [-0.4, -0.2) is 16.0 Å². The van der Waals surface area contributed by atoms with E-state index in [4.69, 9.17) is 0 Å². The van der Waals surface area contributed by atoms with Crippen molar-refractivity contribution >= 4 is 10.9 Å². The molecule has 1 aromatic carbocycles. The summed E-state index contributed by atoms with van der Waals surface area (Å²) >= 11 is 0. The Labute approximate surface area is 115 Å². The van der Waals surface area contributed by atoms with Gasteiger partial charge in [-0.15, -0.1) is 7.05 Å². The molecule has 1 aliphatic carbocycles. The number of rotatable bonds is 0. The summed E-state index contributed by atoms with van der Waals surface area (Å²) in [6.07, 6.45) is 5.31. The minimum atomic E-state index is 0.331. The number of fused-ring (bicyclic) bond motifs is 4. The molecule has 4 rings (SSSR count). The lowest BCUT2D eigenvalue weighted by Crippen LogP contribution is -2.41. The van der Waals surface area contributed by atoms with Crippen LogP contribution in [0.15, 0.2) is 24.3 Å². The van der Waals surface area contributed by atoms with Crippen LogP contribution >= 0.6 is 0 Å². The summed E-state index contributed by atoms with van der Waals surface area (Å²) in [5.41, 5.74) is 4.56. The summed E-state index contributed by atoms with van der Waals surface area (Å²) in [5.74, 6) is 0. The van der Waals surface area contributed by atoms with Gasteiger partial charge in [-0.2, -0.15) is 0 Å². The number of aromatic nitrogens is 1. The van der Waals surface area contributed by atoms with Gasteiger partial charge in [0.25, 0.3) is 0 Å². The van der Waals surface area contributed by atoms with Crippen molar-refractivity contribution in [2.45, 2.75) is 37.6 Å². The molecule has 2 aliphatic rings. The van der Waals surface area contributed by atoms with Gasteiger partial charge in [0.05, 0.1) is 0 Å². The predicted octanol–water partition coefficient (Wildman–Crippen LogP) is 3.70. The number of hydrogen-bond acceptors (Lipinski definition) is 1. The first kappa shape index (κ1) is 11.4. The zero-order valence-electron chi connectivity index (χ0n) is 11.4. The van der Waals surface area contributed by atoms with E-state index in [0.717, 1.165) is 13.1 Å². The highest BCUT2D eigenvalue weighted by Gasteiger charge is 2.39. The van der Waals surface area contributed by atoms with Crippen molar-refractivity contribution in [1.82, 2.24) is 9.47 Å². The second kappa shape index (κ2) is 3.80. The van der Waals surface area contributed by atoms with E-state index in [9.17, 15) is 0 Å². The average molecular weight is 252 g/mol. The third kappa shape index (κ3) is 1.44. The molecule has 19 heavy (non-hydrogen) atoms. The second-order valence-electron chi connectivity index (χ2n) is 6.24. The average Bonchev–Trinajstić information content (AvgIpc) is 2.96. The Morgan fingerprint density at radius 3 is 2.58 bits per heavy atom. The van der Waals surface area contributed by atoms with Crippen LogP contribution in [0.4, 0.5) is 0 Å². The van der Waals surface area contributed by atoms with E-state index in [1.54, 1.807) is 5.56 Å². The molecular formula is C17H20N2-2. The molecule has 1 fully saturated rings. The Morgan fingerprint density at radius 2 is 1.79 bits per heavy atom. The first-order valence-electron chi connectivity index (χ1n) is 7.20. The Bertz CT molecular complexity index is 632. The van der Waals surface area contributed by atoms with Crippen LogP contribution in [-0.2, 0) is 12.0 Å². The molecular weight excluding hydrogens is 232 g/mol. The van der Waals surface area contributed by atoms with Crippen molar-refractivity contribution < 1.29 is 0 Å². The number of para-hydroxylation sites is 1. The topological polar surface area (TPSA) is 8.17 Å².